The lowest BCUT2D eigenvalue weighted by Gasteiger charge is -2.32. The van der Waals surface area contributed by atoms with Gasteiger partial charge in [-0.15, -0.1) is 0 Å². The van der Waals surface area contributed by atoms with Gasteiger partial charge in [-0.1, -0.05) is 6.92 Å². The molecule has 0 aromatic carbocycles. The highest BCUT2D eigenvalue weighted by molar-refractivity contribution is 5.93. The summed E-state index contributed by atoms with van der Waals surface area (Å²) in [5.41, 5.74) is 5.05. The molecule has 35 heavy (non-hydrogen) atoms. The number of anilines is 2. The van der Waals surface area contributed by atoms with Crippen molar-refractivity contribution < 1.29 is 4.74 Å². The average Bonchev–Trinajstić information content (AvgIpc) is 2.87. The molecule has 1 saturated heterocycles. The molecule has 1 N–H and O–H groups in total. The fourth-order valence-electron chi connectivity index (χ4n) is 4.32. The summed E-state index contributed by atoms with van der Waals surface area (Å²) in [6.07, 6.45) is 9.48. The van der Waals surface area contributed by atoms with Crippen LogP contribution in [0.4, 0.5) is 11.4 Å². The molecule has 1 atom stereocenters. The SMILES string of the molecule is CCOC(=N/C)/C(=C\C(C)c1cc(Nc2ccnc(C(C)(C)C#N)c2)cnc1C)N1CCCCC1. The van der Waals surface area contributed by atoms with E-state index in [9.17, 15) is 5.26 Å². The van der Waals surface area contributed by atoms with Crippen molar-refractivity contribution in [2.75, 3.05) is 32.1 Å². The minimum Gasteiger partial charge on any atom is -0.477 e. The number of pyridine rings is 2. The van der Waals surface area contributed by atoms with Crippen molar-refractivity contribution in [2.24, 2.45) is 4.99 Å². The summed E-state index contributed by atoms with van der Waals surface area (Å²) in [7, 11) is 1.79. The number of rotatable bonds is 8. The molecule has 0 bridgehead atoms. The normalized spacial score (nSPS) is 16.0. The van der Waals surface area contributed by atoms with E-state index in [-0.39, 0.29) is 5.92 Å². The first kappa shape index (κ1) is 26.2. The number of hydrogen-bond donors (Lipinski definition) is 1. The number of ether oxygens (including phenoxy) is 1. The molecule has 1 aliphatic rings. The summed E-state index contributed by atoms with van der Waals surface area (Å²) < 4.78 is 5.91. The van der Waals surface area contributed by atoms with Crippen LogP contribution in [-0.4, -0.2) is 47.5 Å². The van der Waals surface area contributed by atoms with Crippen molar-refractivity contribution in [2.45, 2.75) is 65.2 Å². The van der Waals surface area contributed by atoms with Crippen LogP contribution in [-0.2, 0) is 10.2 Å². The van der Waals surface area contributed by atoms with Gasteiger partial charge in [0.1, 0.15) is 0 Å². The lowest BCUT2D eigenvalue weighted by atomic mass is 9.90. The van der Waals surface area contributed by atoms with E-state index in [1.54, 1.807) is 13.2 Å². The molecular formula is C28H38N6O. The maximum atomic E-state index is 9.47. The molecule has 0 amide bonds. The fourth-order valence-corrected chi connectivity index (χ4v) is 4.32. The van der Waals surface area contributed by atoms with Gasteiger partial charge >= 0.3 is 0 Å². The molecule has 3 rings (SSSR count). The van der Waals surface area contributed by atoms with Gasteiger partial charge < -0.3 is 15.0 Å². The van der Waals surface area contributed by atoms with Crippen LogP contribution in [0.3, 0.4) is 0 Å². The molecule has 3 heterocycles. The van der Waals surface area contributed by atoms with E-state index in [0.717, 1.165) is 47.1 Å². The third-order valence-corrected chi connectivity index (χ3v) is 6.39. The molecule has 7 heteroatoms. The summed E-state index contributed by atoms with van der Waals surface area (Å²) in [5, 5.41) is 12.9. The first-order valence-electron chi connectivity index (χ1n) is 12.5. The Balaban J connectivity index is 1.91. The van der Waals surface area contributed by atoms with Crippen LogP contribution in [0.15, 0.2) is 47.4 Å². The maximum absolute atomic E-state index is 9.47. The summed E-state index contributed by atoms with van der Waals surface area (Å²) in [6, 6.07) is 8.29. The Hall–Kier alpha value is -3.40. The van der Waals surface area contributed by atoms with E-state index in [1.807, 2.05) is 46.0 Å². The van der Waals surface area contributed by atoms with Crippen molar-refractivity contribution in [3.8, 4) is 6.07 Å². The number of aliphatic imine (C=N–C) groups is 1. The van der Waals surface area contributed by atoms with E-state index in [4.69, 9.17) is 4.74 Å². The number of hydrogen-bond acceptors (Lipinski definition) is 7. The molecule has 1 aliphatic heterocycles. The predicted molar refractivity (Wildman–Crippen MR) is 142 cm³/mol. The predicted octanol–water partition coefficient (Wildman–Crippen LogP) is 5.87. The Labute approximate surface area is 210 Å². The third-order valence-electron chi connectivity index (χ3n) is 6.39. The highest BCUT2D eigenvalue weighted by atomic mass is 16.5. The summed E-state index contributed by atoms with van der Waals surface area (Å²) in [6.45, 7) is 12.6. The van der Waals surface area contributed by atoms with Gasteiger partial charge in [0.05, 0.1) is 41.4 Å². The Bertz CT molecular complexity index is 1110. The molecule has 7 nitrogen and oxygen atoms in total. The van der Waals surface area contributed by atoms with Crippen molar-refractivity contribution in [3.63, 3.8) is 0 Å². The second-order valence-electron chi connectivity index (χ2n) is 9.54. The van der Waals surface area contributed by atoms with E-state index in [1.165, 1.54) is 19.3 Å². The van der Waals surface area contributed by atoms with Gasteiger partial charge in [-0.25, -0.2) is 0 Å². The van der Waals surface area contributed by atoms with Crippen LogP contribution in [0.1, 0.15) is 69.8 Å². The molecular weight excluding hydrogens is 436 g/mol. The van der Waals surface area contributed by atoms with E-state index in [0.29, 0.717) is 12.5 Å². The average molecular weight is 475 g/mol. The van der Waals surface area contributed by atoms with E-state index >= 15 is 0 Å². The van der Waals surface area contributed by atoms with Gasteiger partial charge in [0.25, 0.3) is 0 Å². The second-order valence-corrected chi connectivity index (χ2v) is 9.54. The lowest BCUT2D eigenvalue weighted by molar-refractivity contribution is 0.267. The molecule has 0 radical (unpaired) electrons. The van der Waals surface area contributed by atoms with Gasteiger partial charge in [-0.05, 0) is 76.8 Å². The molecule has 0 saturated carbocycles. The molecule has 1 fully saturated rings. The van der Waals surface area contributed by atoms with Crippen molar-refractivity contribution in [1.29, 1.82) is 5.26 Å². The zero-order valence-electron chi connectivity index (χ0n) is 21.9. The fraction of sp³-hybridized carbons (Fsp3) is 0.500. The quantitative estimate of drug-likeness (QED) is 0.380. The van der Waals surface area contributed by atoms with Crippen LogP contribution in [0, 0.1) is 18.3 Å². The minimum absolute atomic E-state index is 0.115. The molecule has 0 aliphatic carbocycles. The van der Waals surface area contributed by atoms with Crippen LogP contribution in [0.5, 0.6) is 0 Å². The lowest BCUT2D eigenvalue weighted by Crippen LogP contribution is -2.34. The standard InChI is InChI=1S/C28H38N6O/c1-7-35-27(30-6)25(34-13-9-8-10-14-34)15-20(2)24-16-23(18-32-21(24)3)33-22-11-12-31-26(17-22)28(4,5)19-29/h11-12,15-18,20H,7-10,13-14H2,1-6H3,(H,31,33)/b25-15+,30-27+. The minimum atomic E-state index is -0.655. The maximum Gasteiger partial charge on any atom is 0.232 e. The van der Waals surface area contributed by atoms with Gasteiger partial charge in [-0.2, -0.15) is 5.26 Å². The monoisotopic (exact) mass is 474 g/mol. The smallest absolute Gasteiger partial charge is 0.232 e. The number of nitrogens with one attached hydrogen (secondary N) is 1. The van der Waals surface area contributed by atoms with E-state index < -0.39 is 5.41 Å². The van der Waals surface area contributed by atoms with Crippen LogP contribution in [0.25, 0.3) is 0 Å². The van der Waals surface area contributed by atoms with Crippen LogP contribution >= 0.6 is 0 Å². The zero-order chi connectivity index (χ0) is 25.4. The van der Waals surface area contributed by atoms with Crippen LogP contribution < -0.4 is 5.32 Å². The summed E-state index contributed by atoms with van der Waals surface area (Å²) in [5.74, 6) is 0.814. The Morgan fingerprint density at radius 2 is 2.00 bits per heavy atom. The molecule has 186 valence electrons. The number of aryl methyl sites for hydroxylation is 1. The molecule has 1 unspecified atom stereocenters. The van der Waals surface area contributed by atoms with Gasteiger partial charge in [-0.3, -0.25) is 15.0 Å². The number of likely N-dealkylation sites (tertiary alicyclic amines) is 1. The number of piperidine rings is 1. The third kappa shape index (κ3) is 6.60. The van der Waals surface area contributed by atoms with Crippen molar-refractivity contribution in [1.82, 2.24) is 14.9 Å². The number of nitrogens with zero attached hydrogens (tertiary/aromatic N) is 5. The molecule has 2 aromatic rings. The zero-order valence-corrected chi connectivity index (χ0v) is 21.9. The van der Waals surface area contributed by atoms with Crippen LogP contribution in [0.2, 0.25) is 0 Å². The Morgan fingerprint density at radius 3 is 2.66 bits per heavy atom. The number of allylic oxidation sites excluding steroid dienone is 1. The van der Waals surface area contributed by atoms with Crippen molar-refractivity contribution >= 4 is 17.3 Å². The summed E-state index contributed by atoms with van der Waals surface area (Å²) >= 11 is 0. The first-order valence-corrected chi connectivity index (χ1v) is 12.5. The van der Waals surface area contributed by atoms with E-state index in [2.05, 4.69) is 50.3 Å². The number of aromatic nitrogens is 2. The molecule has 0 spiro atoms. The summed E-state index contributed by atoms with van der Waals surface area (Å²) in [4.78, 5) is 15.9. The Morgan fingerprint density at radius 1 is 1.26 bits per heavy atom. The molecule has 2 aromatic heterocycles. The first-order chi connectivity index (χ1) is 16.8. The topological polar surface area (TPSA) is 86.4 Å². The van der Waals surface area contributed by atoms with Gasteiger partial charge in [0.2, 0.25) is 5.90 Å². The van der Waals surface area contributed by atoms with Crippen molar-refractivity contribution in [3.05, 3.63) is 59.3 Å². The van der Waals surface area contributed by atoms with Gasteiger partial charge in [0.15, 0.2) is 0 Å². The highest BCUT2D eigenvalue weighted by Gasteiger charge is 2.23. The van der Waals surface area contributed by atoms with Gasteiger partial charge in [0, 0.05) is 43.6 Å². The highest BCUT2D eigenvalue weighted by Crippen LogP contribution is 2.29. The number of nitriles is 1. The largest absolute Gasteiger partial charge is 0.477 e. The second kappa shape index (κ2) is 11.8. The Kier molecular flexibility index (Phi) is 8.86.